The Labute approximate surface area is 255 Å². The number of nitrogens with one attached hydrogen (secondary N) is 2. The average Bonchev–Trinajstić information content (AvgIpc) is 3.59. The molecule has 2 fully saturated rings. The number of thiazole rings is 1. The maximum Gasteiger partial charge on any atom is 0.573 e. The molecule has 6 rings (SSSR count). The summed E-state index contributed by atoms with van der Waals surface area (Å²) in [5.41, 5.74) is 3.01. The molecule has 0 spiro atoms. The van der Waals surface area contributed by atoms with E-state index in [0.717, 1.165) is 44.0 Å². The molecule has 2 aliphatic rings. The number of alkyl halides is 3. The zero-order valence-corrected chi connectivity index (χ0v) is 24.7. The van der Waals surface area contributed by atoms with Crippen molar-refractivity contribution >= 4 is 16.5 Å². The van der Waals surface area contributed by atoms with Gasteiger partial charge in [-0.15, -0.1) is 24.5 Å². The van der Waals surface area contributed by atoms with Gasteiger partial charge in [-0.05, 0) is 54.8 Å². The Morgan fingerprint density at radius 2 is 1.63 bits per heavy atom. The van der Waals surface area contributed by atoms with Gasteiger partial charge in [0, 0.05) is 54.8 Å². The van der Waals surface area contributed by atoms with E-state index in [9.17, 15) is 13.2 Å². The normalized spacial score (nSPS) is 21.9. The Morgan fingerprint density at radius 3 is 2.30 bits per heavy atom. The molecule has 1 saturated heterocycles. The molecule has 1 aliphatic heterocycles. The zero-order chi connectivity index (χ0) is 29.6. The fourth-order valence-electron chi connectivity index (χ4n) is 6.71. The summed E-state index contributed by atoms with van der Waals surface area (Å²) in [4.78, 5) is 6.97. The molecule has 0 bridgehead atoms. The van der Waals surface area contributed by atoms with Crippen LogP contribution in [0.2, 0.25) is 0 Å². The number of hydrogen-bond acceptors (Lipinski definition) is 6. The SMILES string of the molecule is FC(F)(F)Oc1ccccc1CNC1C2CC2CN(CCCCNc2nccs2)C1C(c1ccccc1)c1ccccc1. The number of fused-ring (bicyclic) bond motifs is 1. The Bertz CT molecular complexity index is 1380. The molecule has 1 saturated carbocycles. The summed E-state index contributed by atoms with van der Waals surface area (Å²) in [6.45, 7) is 3.17. The largest absolute Gasteiger partial charge is 0.573 e. The molecule has 4 aromatic rings. The molecule has 1 aliphatic carbocycles. The zero-order valence-electron chi connectivity index (χ0n) is 23.9. The smallest absolute Gasteiger partial charge is 0.405 e. The van der Waals surface area contributed by atoms with Crippen LogP contribution >= 0.6 is 11.3 Å². The predicted octanol–water partition coefficient (Wildman–Crippen LogP) is 7.54. The minimum atomic E-state index is -4.73. The fourth-order valence-corrected chi connectivity index (χ4v) is 7.27. The summed E-state index contributed by atoms with van der Waals surface area (Å²) >= 11 is 1.61. The van der Waals surface area contributed by atoms with Crippen LogP contribution in [0.4, 0.5) is 18.3 Å². The van der Waals surface area contributed by atoms with E-state index in [0.29, 0.717) is 23.9 Å². The number of hydrogen-bond donors (Lipinski definition) is 2. The minimum Gasteiger partial charge on any atom is -0.405 e. The van der Waals surface area contributed by atoms with Crippen LogP contribution in [0.5, 0.6) is 5.75 Å². The minimum absolute atomic E-state index is 0.108. The van der Waals surface area contributed by atoms with Crippen molar-refractivity contribution in [3.05, 3.63) is 113 Å². The molecule has 4 atom stereocenters. The molecule has 5 nitrogen and oxygen atoms in total. The van der Waals surface area contributed by atoms with Crippen LogP contribution in [0.25, 0.3) is 0 Å². The number of rotatable bonds is 13. The first-order chi connectivity index (χ1) is 21.0. The van der Waals surface area contributed by atoms with Crippen LogP contribution in [0.3, 0.4) is 0 Å². The summed E-state index contributed by atoms with van der Waals surface area (Å²) in [6, 6.07) is 28.0. The van der Waals surface area contributed by atoms with E-state index in [-0.39, 0.29) is 23.8 Å². The molecule has 4 unspecified atom stereocenters. The maximum atomic E-state index is 13.2. The molecule has 226 valence electrons. The van der Waals surface area contributed by atoms with Gasteiger partial charge in [-0.1, -0.05) is 78.9 Å². The highest BCUT2D eigenvalue weighted by Gasteiger charge is 2.54. The summed E-state index contributed by atoms with van der Waals surface area (Å²) in [7, 11) is 0. The van der Waals surface area contributed by atoms with Gasteiger partial charge in [0.1, 0.15) is 5.75 Å². The molecule has 43 heavy (non-hydrogen) atoms. The molecular weight excluding hydrogens is 569 g/mol. The van der Waals surface area contributed by atoms with Crippen molar-refractivity contribution in [2.45, 2.75) is 50.2 Å². The maximum absolute atomic E-state index is 13.2. The van der Waals surface area contributed by atoms with Crippen molar-refractivity contribution in [3.8, 4) is 5.75 Å². The number of nitrogens with zero attached hydrogens (tertiary/aromatic N) is 2. The number of unbranched alkanes of at least 4 members (excludes halogenated alkanes) is 1. The first-order valence-electron chi connectivity index (χ1n) is 15.0. The highest BCUT2D eigenvalue weighted by atomic mass is 32.1. The Balaban J connectivity index is 1.27. The lowest BCUT2D eigenvalue weighted by Gasteiger charge is -2.46. The molecule has 1 aromatic heterocycles. The summed E-state index contributed by atoms with van der Waals surface area (Å²) < 4.78 is 43.9. The predicted molar refractivity (Wildman–Crippen MR) is 165 cm³/mol. The van der Waals surface area contributed by atoms with Gasteiger partial charge in [-0.3, -0.25) is 4.90 Å². The van der Waals surface area contributed by atoms with Gasteiger partial charge in [-0.25, -0.2) is 4.98 Å². The number of likely N-dealkylation sites (tertiary alicyclic amines) is 1. The first-order valence-corrected chi connectivity index (χ1v) is 15.9. The molecular formula is C34H37F3N4OS. The molecule has 2 N–H and O–H groups in total. The van der Waals surface area contributed by atoms with Crippen LogP contribution in [0, 0.1) is 11.8 Å². The molecule has 0 radical (unpaired) electrons. The first kappa shape index (κ1) is 29.7. The van der Waals surface area contributed by atoms with E-state index < -0.39 is 6.36 Å². The number of benzene rings is 3. The van der Waals surface area contributed by atoms with Gasteiger partial charge >= 0.3 is 6.36 Å². The van der Waals surface area contributed by atoms with E-state index in [1.54, 1.807) is 29.5 Å². The van der Waals surface area contributed by atoms with Gasteiger partial charge in [-0.2, -0.15) is 0 Å². The number of para-hydroxylation sites is 1. The van der Waals surface area contributed by atoms with Crippen molar-refractivity contribution in [2.24, 2.45) is 11.8 Å². The Morgan fingerprint density at radius 1 is 0.930 bits per heavy atom. The van der Waals surface area contributed by atoms with Crippen LogP contribution in [0.15, 0.2) is 96.5 Å². The topological polar surface area (TPSA) is 49.4 Å². The lowest BCUT2D eigenvalue weighted by Crippen LogP contribution is -2.58. The Hall–Kier alpha value is -3.40. The third-order valence-corrected chi connectivity index (χ3v) is 9.39. The van der Waals surface area contributed by atoms with Crippen molar-refractivity contribution in [2.75, 3.05) is 25.0 Å². The van der Waals surface area contributed by atoms with Gasteiger partial charge in [0.2, 0.25) is 0 Å². The van der Waals surface area contributed by atoms with Gasteiger partial charge < -0.3 is 15.4 Å². The van der Waals surface area contributed by atoms with Crippen molar-refractivity contribution in [1.29, 1.82) is 0 Å². The van der Waals surface area contributed by atoms with Gasteiger partial charge in [0.25, 0.3) is 0 Å². The fraction of sp³-hybridized carbons (Fsp3) is 0.382. The second-order valence-corrected chi connectivity index (χ2v) is 12.4. The van der Waals surface area contributed by atoms with E-state index in [4.69, 9.17) is 0 Å². The number of anilines is 1. The highest BCUT2D eigenvalue weighted by molar-refractivity contribution is 7.13. The standard InChI is InChI=1S/C34H37F3N4OS/c35-34(36,37)42-29-16-8-7-15-26(29)22-40-31-28-21-27(28)23-41(19-10-9-17-38-33-39-18-20-43-33)32(31)30(24-11-3-1-4-12-24)25-13-5-2-6-14-25/h1-8,11-16,18,20,27-28,30-32,40H,9-10,17,19,21-23H2,(H,38,39). The third-order valence-electron chi connectivity index (χ3n) is 8.66. The van der Waals surface area contributed by atoms with Crippen LogP contribution in [-0.4, -0.2) is 48.0 Å². The van der Waals surface area contributed by atoms with Crippen LogP contribution in [0.1, 0.15) is 41.9 Å². The molecule has 9 heteroatoms. The van der Waals surface area contributed by atoms with Gasteiger partial charge in [0.05, 0.1) is 0 Å². The summed E-state index contributed by atoms with van der Waals surface area (Å²) in [6.07, 6.45) is 0.275. The lowest BCUT2D eigenvalue weighted by atomic mass is 9.77. The number of aromatic nitrogens is 1. The number of ether oxygens (including phenoxy) is 1. The monoisotopic (exact) mass is 606 g/mol. The van der Waals surface area contributed by atoms with Crippen molar-refractivity contribution in [1.82, 2.24) is 15.2 Å². The Kier molecular flexibility index (Phi) is 9.31. The average molecular weight is 607 g/mol. The number of piperidine rings is 1. The van der Waals surface area contributed by atoms with Crippen LogP contribution in [-0.2, 0) is 6.54 Å². The lowest BCUT2D eigenvalue weighted by molar-refractivity contribution is -0.274. The molecule has 0 amide bonds. The van der Waals surface area contributed by atoms with Crippen molar-refractivity contribution in [3.63, 3.8) is 0 Å². The highest BCUT2D eigenvalue weighted by Crippen LogP contribution is 2.51. The molecule has 2 heterocycles. The van der Waals surface area contributed by atoms with Gasteiger partial charge in [0.15, 0.2) is 5.13 Å². The van der Waals surface area contributed by atoms with Crippen LogP contribution < -0.4 is 15.4 Å². The quantitative estimate of drug-likeness (QED) is 0.154. The third kappa shape index (κ3) is 7.58. The second-order valence-electron chi connectivity index (χ2n) is 11.5. The van der Waals surface area contributed by atoms with E-state index in [2.05, 4.69) is 73.8 Å². The summed E-state index contributed by atoms with van der Waals surface area (Å²) in [5.74, 6) is 1.04. The van der Waals surface area contributed by atoms with Crippen molar-refractivity contribution < 1.29 is 17.9 Å². The number of halogens is 3. The van der Waals surface area contributed by atoms with E-state index >= 15 is 0 Å². The second kappa shape index (κ2) is 13.5. The molecule has 3 aromatic carbocycles. The van der Waals surface area contributed by atoms with E-state index in [1.807, 2.05) is 23.7 Å². The van der Waals surface area contributed by atoms with E-state index in [1.165, 1.54) is 17.2 Å². The summed E-state index contributed by atoms with van der Waals surface area (Å²) in [5, 5.41) is 10.1.